The summed E-state index contributed by atoms with van der Waals surface area (Å²) < 4.78 is 24.2. The summed E-state index contributed by atoms with van der Waals surface area (Å²) in [6.07, 6.45) is 0. The number of rotatable bonds is 7. The maximum Gasteiger partial charge on any atom is 0.235 e. The molecule has 0 rings (SSSR count). The Labute approximate surface area is 96.7 Å². The quantitative estimate of drug-likeness (QED) is 0.618. The first-order chi connectivity index (χ1) is 7.33. The van der Waals surface area contributed by atoms with Gasteiger partial charge in [-0.2, -0.15) is 4.31 Å². The number of nitrogens with zero attached hydrogens (tertiary/aromatic N) is 1. The van der Waals surface area contributed by atoms with Crippen molar-refractivity contribution in [2.24, 2.45) is 0 Å². The third kappa shape index (κ3) is 5.43. The Morgan fingerprint density at radius 3 is 2.38 bits per heavy atom. The molecule has 0 unspecified atom stereocenters. The highest BCUT2D eigenvalue weighted by molar-refractivity contribution is 7.89. The zero-order valence-electron chi connectivity index (χ0n) is 9.93. The number of hydrogen-bond acceptors (Lipinski definition) is 4. The van der Waals surface area contributed by atoms with Gasteiger partial charge in [-0.1, -0.05) is 6.92 Å². The molecule has 0 radical (unpaired) electrons. The topological polar surface area (TPSA) is 86.7 Å². The van der Waals surface area contributed by atoms with Gasteiger partial charge in [-0.15, -0.1) is 0 Å². The summed E-state index contributed by atoms with van der Waals surface area (Å²) in [5, 5.41) is 11.2. The van der Waals surface area contributed by atoms with Gasteiger partial charge in [-0.3, -0.25) is 4.79 Å². The molecule has 0 aromatic rings. The molecule has 7 heteroatoms. The maximum atomic E-state index is 11.6. The Hall–Kier alpha value is -0.660. The Morgan fingerprint density at radius 1 is 1.44 bits per heavy atom. The molecule has 0 aliphatic heterocycles. The first-order valence-corrected chi connectivity index (χ1v) is 6.82. The first kappa shape index (κ1) is 15.3. The van der Waals surface area contributed by atoms with Crippen LogP contribution in [-0.2, 0) is 14.8 Å². The van der Waals surface area contributed by atoms with Crippen molar-refractivity contribution in [3.05, 3.63) is 0 Å². The Morgan fingerprint density at radius 2 is 2.00 bits per heavy atom. The molecule has 0 saturated carbocycles. The van der Waals surface area contributed by atoms with Gasteiger partial charge in [0.2, 0.25) is 15.9 Å². The van der Waals surface area contributed by atoms with Crippen LogP contribution in [0.1, 0.15) is 20.8 Å². The highest BCUT2D eigenvalue weighted by Gasteiger charge is 2.22. The maximum absolute atomic E-state index is 11.6. The lowest BCUT2D eigenvalue weighted by molar-refractivity contribution is -0.121. The van der Waals surface area contributed by atoms with Crippen molar-refractivity contribution in [2.45, 2.75) is 26.8 Å². The number of amides is 1. The summed E-state index contributed by atoms with van der Waals surface area (Å²) in [5.41, 5.74) is 0. The number of sulfonamides is 1. The standard InChI is InChI=1S/C9H20N2O4S/c1-4-11(16(14,15)6-5-12)7-9(13)10-8(2)3/h8,12H,4-7H2,1-3H3,(H,10,13). The molecule has 0 bridgehead atoms. The van der Waals surface area contributed by atoms with Gasteiger partial charge in [0.05, 0.1) is 18.9 Å². The molecule has 1 amide bonds. The fourth-order valence-electron chi connectivity index (χ4n) is 1.18. The van der Waals surface area contributed by atoms with Gasteiger partial charge in [-0.25, -0.2) is 8.42 Å². The summed E-state index contributed by atoms with van der Waals surface area (Å²) >= 11 is 0. The van der Waals surface area contributed by atoms with Crippen LogP contribution >= 0.6 is 0 Å². The second-order valence-corrected chi connectivity index (χ2v) is 5.78. The number of aliphatic hydroxyl groups is 1. The highest BCUT2D eigenvalue weighted by Crippen LogP contribution is 2.00. The van der Waals surface area contributed by atoms with Crippen LogP contribution in [0.4, 0.5) is 0 Å². The van der Waals surface area contributed by atoms with Gasteiger partial charge in [0.15, 0.2) is 0 Å². The van der Waals surface area contributed by atoms with Crippen LogP contribution in [-0.4, -0.2) is 55.2 Å². The van der Waals surface area contributed by atoms with Gasteiger partial charge in [0, 0.05) is 12.6 Å². The molecule has 0 saturated heterocycles. The Kier molecular flexibility index (Phi) is 6.54. The molecule has 6 nitrogen and oxygen atoms in total. The number of carbonyl (C=O) groups excluding carboxylic acids is 1. The average molecular weight is 252 g/mol. The third-order valence-corrected chi connectivity index (χ3v) is 3.74. The van der Waals surface area contributed by atoms with E-state index in [0.717, 1.165) is 4.31 Å². The van der Waals surface area contributed by atoms with E-state index in [1.165, 1.54) is 0 Å². The van der Waals surface area contributed by atoms with Crippen molar-refractivity contribution in [3.8, 4) is 0 Å². The molecular formula is C9H20N2O4S. The van der Waals surface area contributed by atoms with Crippen molar-refractivity contribution in [1.82, 2.24) is 9.62 Å². The van der Waals surface area contributed by atoms with Gasteiger partial charge >= 0.3 is 0 Å². The van der Waals surface area contributed by atoms with Crippen LogP contribution in [0.3, 0.4) is 0 Å². The van der Waals surface area contributed by atoms with E-state index in [1.807, 2.05) is 0 Å². The molecule has 0 heterocycles. The lowest BCUT2D eigenvalue weighted by atomic mass is 10.4. The van der Waals surface area contributed by atoms with Crippen molar-refractivity contribution in [2.75, 3.05) is 25.4 Å². The Bertz CT molecular complexity index is 313. The van der Waals surface area contributed by atoms with Crippen LogP contribution in [0.5, 0.6) is 0 Å². The van der Waals surface area contributed by atoms with E-state index >= 15 is 0 Å². The monoisotopic (exact) mass is 252 g/mol. The van der Waals surface area contributed by atoms with E-state index < -0.39 is 16.6 Å². The van der Waals surface area contributed by atoms with E-state index in [-0.39, 0.29) is 30.8 Å². The smallest absolute Gasteiger partial charge is 0.235 e. The minimum atomic E-state index is -3.53. The molecule has 0 aliphatic rings. The molecule has 0 aromatic heterocycles. The van der Waals surface area contributed by atoms with Gasteiger partial charge in [0.1, 0.15) is 0 Å². The normalized spacial score (nSPS) is 12.1. The molecule has 0 fully saturated rings. The summed E-state index contributed by atoms with van der Waals surface area (Å²) in [6.45, 7) is 4.83. The molecule has 0 atom stereocenters. The fraction of sp³-hybridized carbons (Fsp3) is 0.889. The zero-order valence-corrected chi connectivity index (χ0v) is 10.7. The molecule has 0 spiro atoms. The third-order valence-electron chi connectivity index (χ3n) is 1.86. The van der Waals surface area contributed by atoms with E-state index in [2.05, 4.69) is 5.32 Å². The van der Waals surface area contributed by atoms with Crippen LogP contribution in [0, 0.1) is 0 Å². The lowest BCUT2D eigenvalue weighted by Crippen LogP contribution is -2.43. The summed E-state index contributed by atoms with van der Waals surface area (Å²) in [4.78, 5) is 11.4. The lowest BCUT2D eigenvalue weighted by Gasteiger charge is -2.20. The van der Waals surface area contributed by atoms with Crippen molar-refractivity contribution in [1.29, 1.82) is 0 Å². The molecule has 2 N–H and O–H groups in total. The number of likely N-dealkylation sites (N-methyl/N-ethyl adjacent to an activating group) is 1. The largest absolute Gasteiger partial charge is 0.395 e. The van der Waals surface area contributed by atoms with Crippen LogP contribution < -0.4 is 5.32 Å². The van der Waals surface area contributed by atoms with E-state index in [9.17, 15) is 13.2 Å². The summed E-state index contributed by atoms with van der Waals surface area (Å²) in [5.74, 6) is -0.686. The van der Waals surface area contributed by atoms with Gasteiger partial charge in [0.25, 0.3) is 0 Å². The second-order valence-electron chi connectivity index (χ2n) is 3.69. The molecule has 0 aromatic carbocycles. The van der Waals surface area contributed by atoms with E-state index in [4.69, 9.17) is 5.11 Å². The predicted molar refractivity (Wildman–Crippen MR) is 61.4 cm³/mol. The van der Waals surface area contributed by atoms with Gasteiger partial charge in [-0.05, 0) is 13.8 Å². The summed E-state index contributed by atoms with van der Waals surface area (Å²) in [6, 6.07) is -0.0215. The minimum absolute atomic E-state index is 0.0215. The predicted octanol–water partition coefficient (Wildman–Crippen LogP) is -0.845. The van der Waals surface area contributed by atoms with E-state index in [1.54, 1.807) is 20.8 Å². The minimum Gasteiger partial charge on any atom is -0.395 e. The Balaban J connectivity index is 4.47. The number of nitrogens with one attached hydrogen (secondary N) is 1. The van der Waals surface area contributed by atoms with E-state index in [0.29, 0.717) is 0 Å². The van der Waals surface area contributed by atoms with Gasteiger partial charge < -0.3 is 10.4 Å². The van der Waals surface area contributed by atoms with Crippen molar-refractivity contribution < 1.29 is 18.3 Å². The second kappa shape index (κ2) is 6.82. The van der Waals surface area contributed by atoms with Crippen molar-refractivity contribution in [3.63, 3.8) is 0 Å². The summed E-state index contributed by atoms with van der Waals surface area (Å²) in [7, 11) is -3.53. The molecule has 0 aliphatic carbocycles. The number of aliphatic hydroxyl groups excluding tert-OH is 1. The van der Waals surface area contributed by atoms with Crippen LogP contribution in [0.15, 0.2) is 0 Å². The SMILES string of the molecule is CCN(CC(=O)NC(C)C)S(=O)(=O)CCO. The van der Waals surface area contributed by atoms with Crippen molar-refractivity contribution >= 4 is 15.9 Å². The molecule has 96 valence electrons. The molecular weight excluding hydrogens is 232 g/mol. The first-order valence-electron chi connectivity index (χ1n) is 5.21. The number of carbonyl (C=O) groups is 1. The highest BCUT2D eigenvalue weighted by atomic mass is 32.2. The van der Waals surface area contributed by atoms with Crippen LogP contribution in [0.25, 0.3) is 0 Å². The van der Waals surface area contributed by atoms with Crippen LogP contribution in [0.2, 0.25) is 0 Å². The zero-order chi connectivity index (χ0) is 12.8. The average Bonchev–Trinajstić information content (AvgIpc) is 2.12. The fourth-order valence-corrected chi connectivity index (χ4v) is 2.38. The molecule has 16 heavy (non-hydrogen) atoms. The number of hydrogen-bond donors (Lipinski definition) is 2.